The van der Waals surface area contributed by atoms with Crippen LogP contribution in [0, 0.1) is 17.0 Å². The summed E-state index contributed by atoms with van der Waals surface area (Å²) in [6.45, 7) is 3.74. The zero-order chi connectivity index (χ0) is 15.9. The molecule has 0 radical (unpaired) electrons. The van der Waals surface area contributed by atoms with E-state index >= 15 is 0 Å². The summed E-state index contributed by atoms with van der Waals surface area (Å²) in [4.78, 5) is 14.1. The van der Waals surface area contributed by atoms with Gasteiger partial charge in [0.2, 0.25) is 14.9 Å². The molecule has 21 heavy (non-hydrogen) atoms. The Kier molecular flexibility index (Phi) is 6.74. The average Bonchev–Trinajstić information content (AvgIpc) is 2.42. The minimum Gasteiger partial charge on any atom is -0.258 e. The molecular formula is C14H22N2O4S. The van der Waals surface area contributed by atoms with Crippen LogP contribution in [0.25, 0.3) is 0 Å². The number of rotatable bonds is 9. The van der Waals surface area contributed by atoms with Gasteiger partial charge in [0.05, 0.1) is 10.7 Å². The molecule has 118 valence electrons. The van der Waals surface area contributed by atoms with Crippen molar-refractivity contribution < 1.29 is 13.3 Å². The molecule has 0 amide bonds. The quantitative estimate of drug-likeness (QED) is 0.395. The van der Waals surface area contributed by atoms with Crippen molar-refractivity contribution in [2.45, 2.75) is 57.4 Å². The summed E-state index contributed by atoms with van der Waals surface area (Å²) in [7, 11) is -3.70. The first-order valence-corrected chi connectivity index (χ1v) is 8.88. The number of unbranched alkanes of at least 4 members (excludes halogenated alkanes) is 5. The Morgan fingerprint density at radius 1 is 1.14 bits per heavy atom. The van der Waals surface area contributed by atoms with E-state index in [2.05, 4.69) is 11.9 Å². The van der Waals surface area contributed by atoms with Gasteiger partial charge in [-0.15, -0.1) is 0 Å². The SMILES string of the molecule is CCCCCCCCS(=O)(=O)c1nc(C)ccc1[N+](=O)[O-]. The first kappa shape index (κ1) is 17.6. The normalized spacial score (nSPS) is 11.5. The lowest BCUT2D eigenvalue weighted by molar-refractivity contribution is -0.388. The number of nitrogens with zero attached hydrogens (tertiary/aromatic N) is 2. The van der Waals surface area contributed by atoms with Gasteiger partial charge >= 0.3 is 5.69 Å². The minimum atomic E-state index is -3.70. The zero-order valence-electron chi connectivity index (χ0n) is 12.5. The molecule has 0 aliphatic rings. The topological polar surface area (TPSA) is 90.2 Å². The van der Waals surface area contributed by atoms with Gasteiger partial charge in [0.25, 0.3) is 0 Å². The van der Waals surface area contributed by atoms with Crippen molar-refractivity contribution in [2.24, 2.45) is 0 Å². The molecule has 0 spiro atoms. The van der Waals surface area contributed by atoms with E-state index in [9.17, 15) is 18.5 Å². The summed E-state index contributed by atoms with van der Waals surface area (Å²) < 4.78 is 24.5. The monoisotopic (exact) mass is 314 g/mol. The van der Waals surface area contributed by atoms with Crippen LogP contribution in [0.2, 0.25) is 0 Å². The number of hydrogen-bond acceptors (Lipinski definition) is 5. The van der Waals surface area contributed by atoms with Crippen LogP contribution in [0.5, 0.6) is 0 Å². The fraction of sp³-hybridized carbons (Fsp3) is 0.643. The van der Waals surface area contributed by atoms with Crippen molar-refractivity contribution in [1.82, 2.24) is 4.98 Å². The Labute approximate surface area is 125 Å². The lowest BCUT2D eigenvalue weighted by atomic mass is 10.1. The number of aromatic nitrogens is 1. The molecule has 1 heterocycles. The maximum Gasteiger partial charge on any atom is 0.306 e. The number of pyridine rings is 1. The summed E-state index contributed by atoms with van der Waals surface area (Å²) in [6.07, 6.45) is 5.71. The number of hydrogen-bond donors (Lipinski definition) is 0. The summed E-state index contributed by atoms with van der Waals surface area (Å²) in [6, 6.07) is 2.65. The van der Waals surface area contributed by atoms with E-state index in [1.54, 1.807) is 6.92 Å². The van der Waals surface area contributed by atoms with Crippen molar-refractivity contribution in [2.75, 3.05) is 5.75 Å². The lowest BCUT2D eigenvalue weighted by Gasteiger charge is -2.05. The maximum atomic E-state index is 12.2. The third-order valence-corrected chi connectivity index (χ3v) is 4.95. The first-order valence-electron chi connectivity index (χ1n) is 7.23. The van der Waals surface area contributed by atoms with Crippen LogP contribution >= 0.6 is 0 Å². The molecule has 0 saturated carbocycles. The van der Waals surface area contributed by atoms with Crippen molar-refractivity contribution in [3.05, 3.63) is 27.9 Å². The van der Waals surface area contributed by atoms with Gasteiger partial charge in [0.15, 0.2) is 0 Å². The van der Waals surface area contributed by atoms with Crippen LogP contribution in [0.15, 0.2) is 17.2 Å². The second-order valence-corrected chi connectivity index (χ2v) is 7.15. The molecule has 6 nitrogen and oxygen atoms in total. The zero-order valence-corrected chi connectivity index (χ0v) is 13.4. The molecule has 0 aliphatic heterocycles. The molecule has 0 N–H and O–H groups in total. The Bertz CT molecular complexity index is 585. The van der Waals surface area contributed by atoms with Gasteiger partial charge in [0, 0.05) is 11.8 Å². The van der Waals surface area contributed by atoms with Crippen molar-refractivity contribution >= 4 is 15.5 Å². The smallest absolute Gasteiger partial charge is 0.258 e. The van der Waals surface area contributed by atoms with E-state index in [-0.39, 0.29) is 5.75 Å². The molecule has 0 saturated heterocycles. The highest BCUT2D eigenvalue weighted by Crippen LogP contribution is 2.23. The Morgan fingerprint density at radius 3 is 2.38 bits per heavy atom. The number of aryl methyl sites for hydroxylation is 1. The van der Waals surface area contributed by atoms with Crippen molar-refractivity contribution in [3.8, 4) is 0 Å². The molecule has 1 aromatic rings. The highest BCUT2D eigenvalue weighted by atomic mass is 32.2. The van der Waals surface area contributed by atoms with Crippen LogP contribution in [0.1, 0.15) is 51.1 Å². The molecule has 7 heteroatoms. The predicted molar refractivity (Wildman–Crippen MR) is 81.1 cm³/mol. The van der Waals surface area contributed by atoms with Gasteiger partial charge in [-0.3, -0.25) is 10.1 Å². The van der Waals surface area contributed by atoms with Crippen LogP contribution in [-0.2, 0) is 9.84 Å². The fourth-order valence-electron chi connectivity index (χ4n) is 2.06. The van der Waals surface area contributed by atoms with Crippen LogP contribution < -0.4 is 0 Å². The molecule has 0 aliphatic carbocycles. The minimum absolute atomic E-state index is 0.0869. The summed E-state index contributed by atoms with van der Waals surface area (Å²) in [5, 5.41) is 10.5. The molecule has 0 atom stereocenters. The third kappa shape index (κ3) is 5.41. The highest BCUT2D eigenvalue weighted by Gasteiger charge is 2.27. The number of sulfone groups is 1. The van der Waals surface area contributed by atoms with Crippen LogP contribution in [-0.4, -0.2) is 24.1 Å². The first-order chi connectivity index (χ1) is 9.88. The van der Waals surface area contributed by atoms with Gasteiger partial charge in [0.1, 0.15) is 0 Å². The summed E-state index contributed by atoms with van der Waals surface area (Å²) >= 11 is 0. The van der Waals surface area contributed by atoms with E-state index in [0.717, 1.165) is 32.1 Å². The molecule has 1 aromatic heterocycles. The molecular weight excluding hydrogens is 292 g/mol. The fourth-order valence-corrected chi connectivity index (χ4v) is 3.58. The predicted octanol–water partition coefficient (Wildman–Crippen LogP) is 3.43. The van der Waals surface area contributed by atoms with Crippen LogP contribution in [0.3, 0.4) is 0 Å². The Balaban J connectivity index is 2.74. The maximum absolute atomic E-state index is 12.2. The molecule has 0 fully saturated rings. The third-order valence-electron chi connectivity index (χ3n) is 3.24. The van der Waals surface area contributed by atoms with Gasteiger partial charge in [-0.1, -0.05) is 39.0 Å². The average molecular weight is 314 g/mol. The second-order valence-electron chi connectivity index (χ2n) is 5.12. The van der Waals surface area contributed by atoms with E-state index < -0.39 is 25.5 Å². The highest BCUT2D eigenvalue weighted by molar-refractivity contribution is 7.91. The van der Waals surface area contributed by atoms with E-state index in [1.807, 2.05) is 0 Å². The van der Waals surface area contributed by atoms with Gasteiger partial charge in [-0.05, 0) is 19.4 Å². The Morgan fingerprint density at radius 2 is 1.76 bits per heavy atom. The van der Waals surface area contributed by atoms with Crippen molar-refractivity contribution in [1.29, 1.82) is 0 Å². The largest absolute Gasteiger partial charge is 0.306 e. The Hall–Kier alpha value is -1.50. The molecule has 1 rings (SSSR count). The van der Waals surface area contributed by atoms with Gasteiger partial charge in [-0.25, -0.2) is 13.4 Å². The van der Waals surface area contributed by atoms with Gasteiger partial charge < -0.3 is 0 Å². The lowest BCUT2D eigenvalue weighted by Crippen LogP contribution is -2.12. The van der Waals surface area contributed by atoms with E-state index in [0.29, 0.717) is 12.1 Å². The van der Waals surface area contributed by atoms with Gasteiger partial charge in [-0.2, -0.15) is 0 Å². The van der Waals surface area contributed by atoms with E-state index in [4.69, 9.17) is 0 Å². The standard InChI is InChI=1S/C14H22N2O4S/c1-3-4-5-6-7-8-11-21(19,20)14-13(16(17)18)10-9-12(2)15-14/h9-10H,3-8,11H2,1-2H3. The summed E-state index contributed by atoms with van der Waals surface area (Å²) in [5.41, 5.74) is 0.0219. The number of nitro groups is 1. The van der Waals surface area contributed by atoms with Crippen molar-refractivity contribution in [3.63, 3.8) is 0 Å². The molecule has 0 aromatic carbocycles. The second kappa shape index (κ2) is 8.07. The molecule has 0 unspecified atom stereocenters. The molecule has 0 bridgehead atoms. The summed E-state index contributed by atoms with van der Waals surface area (Å²) in [5.74, 6) is -0.0869. The van der Waals surface area contributed by atoms with E-state index in [1.165, 1.54) is 12.1 Å². The van der Waals surface area contributed by atoms with Crippen LogP contribution in [0.4, 0.5) is 5.69 Å².